The molecule has 0 atom stereocenters. The second-order valence-electron chi connectivity index (χ2n) is 4.06. The highest BCUT2D eigenvalue weighted by Crippen LogP contribution is 2.24. The molecule has 1 aliphatic carbocycles. The molecule has 2 rings (SSSR count). The minimum Gasteiger partial charge on any atom is -0.383 e. The zero-order chi connectivity index (χ0) is 12.3. The van der Waals surface area contributed by atoms with Crippen LogP contribution in [0.3, 0.4) is 0 Å². The zero-order valence-electron chi connectivity index (χ0n) is 9.31. The maximum atomic E-state index is 11.7. The van der Waals surface area contributed by atoms with Gasteiger partial charge in [-0.15, -0.1) is 13.2 Å². The van der Waals surface area contributed by atoms with Gasteiger partial charge in [-0.05, 0) is 42.5 Å². The Balaban J connectivity index is 1.80. The van der Waals surface area contributed by atoms with Gasteiger partial charge in [0.2, 0.25) is 0 Å². The standard InChI is InChI=1S/C12H14F3NO/c13-12(14,15)17-7-6-16-11-5-4-9-2-1-3-10(9)8-11/h4-5,8,16H,1-3,6-7H2. The molecule has 0 saturated heterocycles. The van der Waals surface area contributed by atoms with Crippen LogP contribution in [0.15, 0.2) is 18.2 Å². The summed E-state index contributed by atoms with van der Waals surface area (Å²) in [4.78, 5) is 0. The Kier molecular flexibility index (Phi) is 3.57. The third kappa shape index (κ3) is 3.63. The predicted molar refractivity (Wildman–Crippen MR) is 59.0 cm³/mol. The molecule has 1 aromatic rings. The van der Waals surface area contributed by atoms with E-state index in [1.54, 1.807) is 0 Å². The molecule has 0 bridgehead atoms. The van der Waals surface area contributed by atoms with Crippen molar-refractivity contribution in [3.05, 3.63) is 29.3 Å². The summed E-state index contributed by atoms with van der Waals surface area (Å²) in [6, 6.07) is 5.95. The highest BCUT2D eigenvalue weighted by Gasteiger charge is 2.28. The number of alkyl halides is 3. The molecule has 1 N–H and O–H groups in total. The van der Waals surface area contributed by atoms with Gasteiger partial charge in [-0.1, -0.05) is 6.07 Å². The lowest BCUT2D eigenvalue weighted by atomic mass is 10.1. The van der Waals surface area contributed by atoms with E-state index in [9.17, 15) is 13.2 Å². The van der Waals surface area contributed by atoms with Crippen LogP contribution in [0.2, 0.25) is 0 Å². The van der Waals surface area contributed by atoms with Crippen molar-refractivity contribution in [2.24, 2.45) is 0 Å². The minimum absolute atomic E-state index is 0.151. The molecule has 0 aliphatic heterocycles. The van der Waals surface area contributed by atoms with Gasteiger partial charge in [0, 0.05) is 12.2 Å². The van der Waals surface area contributed by atoms with Crippen LogP contribution in [0.5, 0.6) is 0 Å². The molecular formula is C12H14F3NO. The van der Waals surface area contributed by atoms with E-state index in [1.807, 2.05) is 18.2 Å². The number of nitrogens with one attached hydrogen (secondary N) is 1. The molecule has 5 heteroatoms. The van der Waals surface area contributed by atoms with E-state index in [4.69, 9.17) is 0 Å². The Morgan fingerprint density at radius 1 is 1.18 bits per heavy atom. The molecule has 0 unspecified atom stereocenters. The maximum Gasteiger partial charge on any atom is 0.522 e. The molecule has 1 aliphatic rings. The Morgan fingerprint density at radius 3 is 2.71 bits per heavy atom. The Hall–Kier alpha value is -1.23. The Bertz CT molecular complexity index is 390. The van der Waals surface area contributed by atoms with E-state index < -0.39 is 6.36 Å². The van der Waals surface area contributed by atoms with Crippen molar-refractivity contribution in [2.45, 2.75) is 25.6 Å². The lowest BCUT2D eigenvalue weighted by molar-refractivity contribution is -0.322. The quantitative estimate of drug-likeness (QED) is 0.823. The van der Waals surface area contributed by atoms with Gasteiger partial charge in [-0.3, -0.25) is 4.74 Å². The number of benzene rings is 1. The average molecular weight is 245 g/mol. The number of hydrogen-bond acceptors (Lipinski definition) is 2. The first-order valence-corrected chi connectivity index (χ1v) is 5.61. The molecule has 0 heterocycles. The second kappa shape index (κ2) is 4.96. The van der Waals surface area contributed by atoms with Crippen LogP contribution < -0.4 is 5.32 Å². The maximum absolute atomic E-state index is 11.7. The van der Waals surface area contributed by atoms with Crippen LogP contribution in [0.1, 0.15) is 17.5 Å². The normalized spacial score (nSPS) is 14.8. The highest BCUT2D eigenvalue weighted by molar-refractivity contribution is 5.50. The number of halogens is 3. The fraction of sp³-hybridized carbons (Fsp3) is 0.500. The molecular weight excluding hydrogens is 231 g/mol. The van der Waals surface area contributed by atoms with Gasteiger partial charge in [0.15, 0.2) is 0 Å². The fourth-order valence-electron chi connectivity index (χ4n) is 2.04. The summed E-state index contributed by atoms with van der Waals surface area (Å²) in [5.41, 5.74) is 3.50. The molecule has 17 heavy (non-hydrogen) atoms. The summed E-state index contributed by atoms with van der Waals surface area (Å²) in [6.07, 6.45) is -1.22. The zero-order valence-corrected chi connectivity index (χ0v) is 9.31. The summed E-state index contributed by atoms with van der Waals surface area (Å²) in [5, 5.41) is 2.92. The number of fused-ring (bicyclic) bond motifs is 1. The van der Waals surface area contributed by atoms with Crippen LogP contribution in [-0.4, -0.2) is 19.5 Å². The van der Waals surface area contributed by atoms with Crippen molar-refractivity contribution in [1.82, 2.24) is 0 Å². The van der Waals surface area contributed by atoms with Crippen LogP contribution in [-0.2, 0) is 17.6 Å². The van der Waals surface area contributed by atoms with E-state index in [2.05, 4.69) is 10.1 Å². The molecule has 0 radical (unpaired) electrons. The molecule has 1 aromatic carbocycles. The average Bonchev–Trinajstić information content (AvgIpc) is 2.70. The van der Waals surface area contributed by atoms with Crippen LogP contribution >= 0.6 is 0 Å². The number of anilines is 1. The van der Waals surface area contributed by atoms with Crippen LogP contribution in [0, 0.1) is 0 Å². The van der Waals surface area contributed by atoms with Gasteiger partial charge in [0.25, 0.3) is 0 Å². The van der Waals surface area contributed by atoms with Gasteiger partial charge >= 0.3 is 6.36 Å². The third-order valence-electron chi connectivity index (χ3n) is 2.80. The smallest absolute Gasteiger partial charge is 0.383 e. The van der Waals surface area contributed by atoms with Crippen molar-refractivity contribution in [2.75, 3.05) is 18.5 Å². The number of aryl methyl sites for hydroxylation is 2. The topological polar surface area (TPSA) is 21.3 Å². The van der Waals surface area contributed by atoms with Crippen molar-refractivity contribution in [3.8, 4) is 0 Å². The van der Waals surface area contributed by atoms with Crippen molar-refractivity contribution in [1.29, 1.82) is 0 Å². The summed E-state index contributed by atoms with van der Waals surface area (Å²) in [7, 11) is 0. The van der Waals surface area contributed by atoms with E-state index in [0.717, 1.165) is 24.9 Å². The predicted octanol–water partition coefficient (Wildman–Crippen LogP) is 3.12. The first kappa shape index (κ1) is 12.2. The minimum atomic E-state index is -4.54. The summed E-state index contributed by atoms with van der Waals surface area (Å²) in [6.45, 7) is -0.223. The molecule has 0 fully saturated rings. The first-order chi connectivity index (χ1) is 8.04. The second-order valence-corrected chi connectivity index (χ2v) is 4.06. The van der Waals surface area contributed by atoms with Crippen molar-refractivity contribution < 1.29 is 17.9 Å². The van der Waals surface area contributed by atoms with Gasteiger partial charge in [-0.25, -0.2) is 0 Å². The molecule has 2 nitrogen and oxygen atoms in total. The van der Waals surface area contributed by atoms with Crippen molar-refractivity contribution >= 4 is 5.69 Å². The van der Waals surface area contributed by atoms with E-state index in [0.29, 0.717) is 0 Å². The monoisotopic (exact) mass is 245 g/mol. The lowest BCUT2D eigenvalue weighted by Crippen LogP contribution is -2.19. The van der Waals surface area contributed by atoms with E-state index >= 15 is 0 Å². The summed E-state index contributed by atoms with van der Waals surface area (Å²) >= 11 is 0. The van der Waals surface area contributed by atoms with Crippen molar-refractivity contribution in [3.63, 3.8) is 0 Å². The Morgan fingerprint density at radius 2 is 1.94 bits per heavy atom. The van der Waals surface area contributed by atoms with E-state index in [-0.39, 0.29) is 13.2 Å². The van der Waals surface area contributed by atoms with Gasteiger partial charge in [0.05, 0.1) is 6.61 Å². The molecule has 0 saturated carbocycles. The number of ether oxygens (including phenoxy) is 1. The lowest BCUT2D eigenvalue weighted by Gasteiger charge is -2.10. The van der Waals surface area contributed by atoms with E-state index in [1.165, 1.54) is 11.1 Å². The van der Waals surface area contributed by atoms with Gasteiger partial charge < -0.3 is 5.32 Å². The largest absolute Gasteiger partial charge is 0.522 e. The molecule has 0 spiro atoms. The molecule has 0 amide bonds. The van der Waals surface area contributed by atoms with Gasteiger partial charge in [-0.2, -0.15) is 0 Å². The SMILES string of the molecule is FC(F)(F)OCCNc1ccc2c(c1)CCC2. The molecule has 94 valence electrons. The van der Waals surface area contributed by atoms with Crippen LogP contribution in [0.4, 0.5) is 18.9 Å². The first-order valence-electron chi connectivity index (χ1n) is 5.61. The van der Waals surface area contributed by atoms with Crippen LogP contribution in [0.25, 0.3) is 0 Å². The molecule has 0 aromatic heterocycles. The Labute approximate surface area is 97.8 Å². The van der Waals surface area contributed by atoms with Gasteiger partial charge in [0.1, 0.15) is 0 Å². The third-order valence-corrected chi connectivity index (χ3v) is 2.80. The fourth-order valence-corrected chi connectivity index (χ4v) is 2.04. The number of rotatable bonds is 4. The highest BCUT2D eigenvalue weighted by atomic mass is 19.4. The summed E-state index contributed by atoms with van der Waals surface area (Å²) in [5.74, 6) is 0. The summed E-state index contributed by atoms with van der Waals surface area (Å²) < 4.78 is 38.8. The number of hydrogen-bond donors (Lipinski definition) is 1.